The fourth-order valence-corrected chi connectivity index (χ4v) is 6.67. The molecule has 2 aromatic rings. The number of hydrogen-bond acceptors (Lipinski definition) is 9. The normalized spacial score (nSPS) is 18.1. The number of ether oxygens (including phenoxy) is 2. The first-order valence-corrected chi connectivity index (χ1v) is 14.4. The monoisotopic (exact) mass is 559 g/mol. The molecule has 0 spiro atoms. The van der Waals surface area contributed by atoms with E-state index in [-0.39, 0.29) is 24.2 Å². The Morgan fingerprint density at radius 2 is 2.18 bits per heavy atom. The number of methoxy groups -OCH3 is 1. The molecular weight excluding hydrogens is 526 g/mol. The maximum Gasteiger partial charge on any atom is 0.341 e. The maximum absolute atomic E-state index is 13.1. The molecule has 0 fully saturated rings. The third-order valence-corrected chi connectivity index (χ3v) is 8.39. The Hall–Kier alpha value is -2.96. The van der Waals surface area contributed by atoms with Gasteiger partial charge in [-0.25, -0.2) is 9.79 Å². The zero-order valence-electron chi connectivity index (χ0n) is 22.1. The van der Waals surface area contributed by atoms with E-state index >= 15 is 0 Å². The van der Waals surface area contributed by atoms with Crippen LogP contribution in [-0.4, -0.2) is 70.3 Å². The second-order valence-corrected chi connectivity index (χ2v) is 11.3. The van der Waals surface area contributed by atoms with Gasteiger partial charge in [0.15, 0.2) is 5.17 Å². The molecule has 0 radical (unpaired) electrons. The molecule has 3 heterocycles. The van der Waals surface area contributed by atoms with Gasteiger partial charge in [-0.1, -0.05) is 18.7 Å². The summed E-state index contributed by atoms with van der Waals surface area (Å²) in [6.07, 6.45) is 8.47. The highest BCUT2D eigenvalue weighted by molar-refractivity contribution is 8.14. The van der Waals surface area contributed by atoms with Crippen molar-refractivity contribution in [2.75, 3.05) is 37.9 Å². The van der Waals surface area contributed by atoms with E-state index in [1.807, 2.05) is 0 Å². The molecule has 38 heavy (non-hydrogen) atoms. The van der Waals surface area contributed by atoms with Crippen LogP contribution in [0.2, 0.25) is 0 Å². The Bertz CT molecular complexity index is 1260. The van der Waals surface area contributed by atoms with Gasteiger partial charge in [-0.3, -0.25) is 19.2 Å². The van der Waals surface area contributed by atoms with Gasteiger partial charge in [0.05, 0.1) is 24.1 Å². The van der Waals surface area contributed by atoms with Crippen molar-refractivity contribution in [1.29, 1.82) is 0 Å². The summed E-state index contributed by atoms with van der Waals surface area (Å²) in [6.45, 7) is 5.16. The summed E-state index contributed by atoms with van der Waals surface area (Å²) in [4.78, 5) is 46.1. The first-order valence-electron chi connectivity index (χ1n) is 12.6. The van der Waals surface area contributed by atoms with Crippen LogP contribution in [0.25, 0.3) is 6.08 Å². The smallest absolute Gasteiger partial charge is 0.341 e. The van der Waals surface area contributed by atoms with Gasteiger partial charge in [-0.2, -0.15) is 5.10 Å². The molecule has 1 aliphatic heterocycles. The molecule has 2 amide bonds. The zero-order valence-corrected chi connectivity index (χ0v) is 23.7. The molecule has 1 unspecified atom stereocenters. The lowest BCUT2D eigenvalue weighted by molar-refractivity contribution is -0.122. The van der Waals surface area contributed by atoms with Crippen LogP contribution >= 0.6 is 23.1 Å². The maximum atomic E-state index is 13.1. The molecule has 4 rings (SSSR count). The van der Waals surface area contributed by atoms with Gasteiger partial charge in [0.2, 0.25) is 5.91 Å². The van der Waals surface area contributed by atoms with Gasteiger partial charge in [0, 0.05) is 43.9 Å². The van der Waals surface area contributed by atoms with E-state index in [9.17, 15) is 14.4 Å². The lowest BCUT2D eigenvalue weighted by Crippen LogP contribution is -2.32. The number of aliphatic imine (C=N–C) groups is 1. The Kier molecular flexibility index (Phi) is 9.40. The number of carbonyl (C=O) groups is 3. The number of amidine groups is 1. The topological polar surface area (TPSA) is 115 Å². The minimum Gasteiger partial charge on any atom is -0.462 e. The van der Waals surface area contributed by atoms with Gasteiger partial charge in [0.25, 0.3) is 5.91 Å². The third-order valence-electron chi connectivity index (χ3n) is 6.25. The van der Waals surface area contributed by atoms with E-state index < -0.39 is 5.97 Å². The van der Waals surface area contributed by atoms with Crippen LogP contribution in [0.3, 0.4) is 0 Å². The fraction of sp³-hybridized carbons (Fsp3) is 0.500. The Morgan fingerprint density at radius 3 is 2.89 bits per heavy atom. The van der Waals surface area contributed by atoms with Gasteiger partial charge < -0.3 is 14.8 Å². The van der Waals surface area contributed by atoms with Gasteiger partial charge in [0.1, 0.15) is 10.7 Å². The quantitative estimate of drug-likeness (QED) is 0.268. The standard InChI is InChI=1S/C26H33N5O5S2/c1-5-36-25(34)22-18-8-7-16(2)11-20(18)38-23(22)29-21(32)15-37-26-28-19(12-17-13-27-30(3)14-17)24(33)31(26)9-6-10-35-4/h12-14,16H,5-11,15H2,1-4H3,(H,29,32). The number of esters is 1. The van der Waals surface area contributed by atoms with Gasteiger partial charge in [-0.15, -0.1) is 11.3 Å². The number of rotatable bonds is 10. The first kappa shape index (κ1) is 28.1. The number of aromatic nitrogens is 2. The average molecular weight is 560 g/mol. The molecule has 204 valence electrons. The van der Waals surface area contributed by atoms with Crippen LogP contribution in [-0.2, 0) is 39.0 Å². The van der Waals surface area contributed by atoms with Crippen LogP contribution in [0.5, 0.6) is 0 Å². The van der Waals surface area contributed by atoms with E-state index in [4.69, 9.17) is 9.47 Å². The van der Waals surface area contributed by atoms with Gasteiger partial charge >= 0.3 is 5.97 Å². The molecule has 12 heteroatoms. The van der Waals surface area contributed by atoms with E-state index in [1.165, 1.54) is 23.1 Å². The van der Waals surface area contributed by atoms with Crippen molar-refractivity contribution >= 4 is 57.1 Å². The van der Waals surface area contributed by atoms with Crippen LogP contribution in [0.4, 0.5) is 5.00 Å². The zero-order chi connectivity index (χ0) is 27.2. The average Bonchev–Trinajstić information content (AvgIpc) is 3.53. The fourth-order valence-electron chi connectivity index (χ4n) is 4.43. The second-order valence-electron chi connectivity index (χ2n) is 9.29. The first-order chi connectivity index (χ1) is 18.3. The highest BCUT2D eigenvalue weighted by Gasteiger charge is 2.32. The van der Waals surface area contributed by atoms with Crippen molar-refractivity contribution in [3.8, 4) is 0 Å². The molecule has 2 aromatic heterocycles. The Balaban J connectivity index is 1.49. The summed E-state index contributed by atoms with van der Waals surface area (Å²) in [5.74, 6) is -0.329. The summed E-state index contributed by atoms with van der Waals surface area (Å²) >= 11 is 2.65. The predicted octanol–water partition coefficient (Wildman–Crippen LogP) is 3.73. The summed E-state index contributed by atoms with van der Waals surface area (Å²) in [5, 5.41) is 8.06. The summed E-state index contributed by atoms with van der Waals surface area (Å²) in [5.41, 5.74) is 2.54. The molecule has 1 aliphatic carbocycles. The van der Waals surface area contributed by atoms with Crippen LogP contribution < -0.4 is 5.32 Å². The van der Waals surface area contributed by atoms with E-state index in [1.54, 1.807) is 49.1 Å². The molecule has 1 N–H and O–H groups in total. The lowest BCUT2D eigenvalue weighted by atomic mass is 9.88. The summed E-state index contributed by atoms with van der Waals surface area (Å²) < 4.78 is 12.1. The lowest BCUT2D eigenvalue weighted by Gasteiger charge is -2.18. The molecule has 0 bridgehead atoms. The number of thioether (sulfide) groups is 1. The molecule has 10 nitrogen and oxygen atoms in total. The van der Waals surface area contributed by atoms with Crippen molar-refractivity contribution in [3.05, 3.63) is 39.7 Å². The predicted molar refractivity (Wildman–Crippen MR) is 149 cm³/mol. The number of carbonyl (C=O) groups excluding carboxylic acids is 3. The van der Waals surface area contributed by atoms with Crippen LogP contribution in [0, 0.1) is 5.92 Å². The van der Waals surface area contributed by atoms with Crippen molar-refractivity contribution in [1.82, 2.24) is 14.7 Å². The largest absolute Gasteiger partial charge is 0.462 e. The van der Waals surface area contributed by atoms with Crippen molar-refractivity contribution < 1.29 is 23.9 Å². The van der Waals surface area contributed by atoms with E-state index in [0.717, 1.165) is 35.3 Å². The SMILES string of the molecule is CCOC(=O)c1c(NC(=O)CSC2=NC(=Cc3cnn(C)c3)C(=O)N2CCCOC)sc2c1CCC(C)C2. The summed E-state index contributed by atoms with van der Waals surface area (Å²) in [7, 11) is 3.41. The molecule has 0 aromatic carbocycles. The molecule has 1 atom stereocenters. The number of nitrogens with zero attached hydrogens (tertiary/aromatic N) is 4. The Labute approximate surface area is 230 Å². The number of thiophene rings is 1. The number of amides is 2. The summed E-state index contributed by atoms with van der Waals surface area (Å²) in [6, 6.07) is 0. The molecule has 0 saturated carbocycles. The third kappa shape index (κ3) is 6.54. The number of nitrogens with one attached hydrogen (secondary N) is 1. The Morgan fingerprint density at radius 1 is 1.37 bits per heavy atom. The number of aryl methyl sites for hydroxylation is 1. The molecule has 0 saturated heterocycles. The number of anilines is 1. The van der Waals surface area contributed by atoms with Crippen LogP contribution in [0.1, 0.15) is 53.1 Å². The highest BCUT2D eigenvalue weighted by atomic mass is 32.2. The van der Waals surface area contributed by atoms with Crippen molar-refractivity contribution in [3.63, 3.8) is 0 Å². The minimum atomic E-state index is -0.400. The highest BCUT2D eigenvalue weighted by Crippen LogP contribution is 2.40. The molecule has 2 aliphatic rings. The van der Waals surface area contributed by atoms with Gasteiger partial charge in [-0.05, 0) is 50.2 Å². The minimum absolute atomic E-state index is 0.0360. The van der Waals surface area contributed by atoms with E-state index in [2.05, 4.69) is 22.3 Å². The molecular formula is C26H33N5O5S2. The second kappa shape index (κ2) is 12.7. The number of hydrogen-bond donors (Lipinski definition) is 1. The van der Waals surface area contributed by atoms with Crippen molar-refractivity contribution in [2.24, 2.45) is 18.0 Å². The number of fused-ring (bicyclic) bond motifs is 1. The van der Waals surface area contributed by atoms with Crippen molar-refractivity contribution in [2.45, 2.75) is 39.5 Å². The van der Waals surface area contributed by atoms with E-state index in [0.29, 0.717) is 46.9 Å². The van der Waals surface area contributed by atoms with Crippen LogP contribution in [0.15, 0.2) is 23.1 Å².